The van der Waals surface area contributed by atoms with Crippen LogP contribution in [0.2, 0.25) is 0 Å². The maximum Gasteiger partial charge on any atom is 0.304 e. The van der Waals surface area contributed by atoms with Crippen molar-refractivity contribution in [3.05, 3.63) is 21.2 Å². The van der Waals surface area contributed by atoms with Gasteiger partial charge in [0.15, 0.2) is 11.5 Å². The van der Waals surface area contributed by atoms with Crippen LogP contribution in [0, 0.1) is 13.8 Å². The summed E-state index contributed by atoms with van der Waals surface area (Å²) in [5, 5.41) is 19.5. The molecule has 19 heavy (non-hydrogen) atoms. The molecule has 104 valence electrons. The van der Waals surface area contributed by atoms with Gasteiger partial charge in [-0.1, -0.05) is 15.9 Å². The lowest BCUT2D eigenvalue weighted by Gasteiger charge is -2.22. The van der Waals surface area contributed by atoms with Crippen molar-refractivity contribution in [1.82, 2.24) is 0 Å². The molecule has 1 aliphatic rings. The maximum atomic E-state index is 11.0. The van der Waals surface area contributed by atoms with Gasteiger partial charge in [-0.15, -0.1) is 0 Å². The lowest BCUT2D eigenvalue weighted by molar-refractivity contribution is -0.137. The third-order valence-electron chi connectivity index (χ3n) is 3.90. The minimum absolute atomic E-state index is 0.0417. The second-order valence-corrected chi connectivity index (χ2v) is 5.96. The van der Waals surface area contributed by atoms with Crippen LogP contribution in [0.25, 0.3) is 0 Å². The number of carboxylic acid groups (broad SMARTS) is 1. The quantitative estimate of drug-likeness (QED) is 0.890. The molecular formula is C14H17BrO4. The Morgan fingerprint density at radius 2 is 1.95 bits per heavy atom. The van der Waals surface area contributed by atoms with Gasteiger partial charge in [0.25, 0.3) is 0 Å². The predicted molar refractivity (Wildman–Crippen MR) is 75.0 cm³/mol. The van der Waals surface area contributed by atoms with Crippen molar-refractivity contribution in [2.75, 3.05) is 7.11 Å². The molecule has 0 bridgehead atoms. The topological polar surface area (TPSA) is 66.8 Å². The molecule has 4 nitrogen and oxygen atoms in total. The fourth-order valence-corrected chi connectivity index (χ4v) is 3.19. The van der Waals surface area contributed by atoms with Gasteiger partial charge in [0.2, 0.25) is 0 Å². The van der Waals surface area contributed by atoms with Crippen LogP contribution in [0.5, 0.6) is 11.5 Å². The summed E-state index contributed by atoms with van der Waals surface area (Å²) in [4.78, 5) is 11.0. The average Bonchev–Trinajstić information content (AvgIpc) is 3.06. The van der Waals surface area contributed by atoms with Crippen molar-refractivity contribution < 1.29 is 19.7 Å². The molecule has 0 aromatic heterocycles. The number of methoxy groups -OCH3 is 1. The number of aliphatic carboxylic acids is 1. The van der Waals surface area contributed by atoms with Crippen LogP contribution in [0.1, 0.15) is 36.0 Å². The van der Waals surface area contributed by atoms with Crippen LogP contribution in [-0.4, -0.2) is 23.3 Å². The Kier molecular flexibility index (Phi) is 3.51. The van der Waals surface area contributed by atoms with Crippen molar-refractivity contribution in [3.8, 4) is 11.5 Å². The van der Waals surface area contributed by atoms with Crippen molar-refractivity contribution in [2.24, 2.45) is 0 Å². The second kappa shape index (κ2) is 4.71. The van der Waals surface area contributed by atoms with Gasteiger partial charge in [0, 0.05) is 21.0 Å². The van der Waals surface area contributed by atoms with Crippen molar-refractivity contribution in [1.29, 1.82) is 0 Å². The third-order valence-corrected chi connectivity index (χ3v) is 5.09. The molecule has 0 aliphatic heterocycles. The Labute approximate surface area is 120 Å². The summed E-state index contributed by atoms with van der Waals surface area (Å²) in [6.45, 7) is 3.75. The van der Waals surface area contributed by atoms with E-state index >= 15 is 0 Å². The fraction of sp³-hybridized carbons (Fsp3) is 0.500. The zero-order valence-electron chi connectivity index (χ0n) is 11.2. The predicted octanol–water partition coefficient (Wildman–Crippen LogP) is 3.29. The molecule has 1 aromatic carbocycles. The Morgan fingerprint density at radius 3 is 2.37 bits per heavy atom. The van der Waals surface area contributed by atoms with Crippen LogP contribution in [0.3, 0.4) is 0 Å². The van der Waals surface area contributed by atoms with Crippen LogP contribution in [0.15, 0.2) is 4.47 Å². The second-order valence-electron chi connectivity index (χ2n) is 5.17. The van der Waals surface area contributed by atoms with E-state index in [0.29, 0.717) is 11.3 Å². The molecule has 1 fully saturated rings. The fourth-order valence-electron chi connectivity index (χ4n) is 2.81. The van der Waals surface area contributed by atoms with E-state index in [1.807, 2.05) is 13.8 Å². The highest BCUT2D eigenvalue weighted by Gasteiger charge is 2.49. The average molecular weight is 329 g/mol. The lowest BCUT2D eigenvalue weighted by atomic mass is 9.86. The van der Waals surface area contributed by atoms with E-state index in [2.05, 4.69) is 15.9 Å². The Bertz CT molecular complexity index is 547. The van der Waals surface area contributed by atoms with Crippen LogP contribution < -0.4 is 4.74 Å². The highest BCUT2D eigenvalue weighted by atomic mass is 79.9. The number of hydrogen-bond acceptors (Lipinski definition) is 3. The molecule has 0 heterocycles. The van der Waals surface area contributed by atoms with Crippen molar-refractivity contribution in [3.63, 3.8) is 0 Å². The number of rotatable bonds is 4. The smallest absolute Gasteiger partial charge is 0.304 e. The van der Waals surface area contributed by atoms with Gasteiger partial charge >= 0.3 is 5.97 Å². The number of carboxylic acids is 1. The molecule has 1 aromatic rings. The number of aromatic hydroxyl groups is 1. The number of halogens is 1. The monoisotopic (exact) mass is 328 g/mol. The first-order valence-corrected chi connectivity index (χ1v) is 6.91. The van der Waals surface area contributed by atoms with Crippen LogP contribution in [-0.2, 0) is 10.2 Å². The Morgan fingerprint density at radius 1 is 1.37 bits per heavy atom. The third kappa shape index (κ3) is 2.20. The number of benzene rings is 1. The molecule has 2 N–H and O–H groups in total. The van der Waals surface area contributed by atoms with E-state index < -0.39 is 11.4 Å². The van der Waals surface area contributed by atoms with Gasteiger partial charge < -0.3 is 14.9 Å². The summed E-state index contributed by atoms with van der Waals surface area (Å²) in [6.07, 6.45) is 1.61. The molecule has 0 amide bonds. The molecular weight excluding hydrogens is 312 g/mol. The molecule has 0 spiro atoms. The summed E-state index contributed by atoms with van der Waals surface area (Å²) >= 11 is 3.50. The molecule has 0 atom stereocenters. The highest BCUT2D eigenvalue weighted by Crippen LogP contribution is 2.58. The van der Waals surface area contributed by atoms with Gasteiger partial charge in [0.05, 0.1) is 13.5 Å². The largest absolute Gasteiger partial charge is 0.504 e. The van der Waals surface area contributed by atoms with Gasteiger partial charge in [-0.2, -0.15) is 0 Å². The number of phenolic OH excluding ortho intramolecular Hbond substituents is 1. The molecule has 1 saturated carbocycles. The summed E-state index contributed by atoms with van der Waals surface area (Å²) in [5.74, 6) is -0.337. The molecule has 1 aliphatic carbocycles. The van der Waals surface area contributed by atoms with Crippen molar-refractivity contribution in [2.45, 2.75) is 38.5 Å². The van der Waals surface area contributed by atoms with E-state index in [1.54, 1.807) is 0 Å². The van der Waals surface area contributed by atoms with Gasteiger partial charge in [-0.05, 0) is 32.3 Å². The maximum absolute atomic E-state index is 11.0. The lowest BCUT2D eigenvalue weighted by Crippen LogP contribution is -2.15. The standard InChI is InChI=1S/C14H17BrO4/c1-7-10(14(4-5-14)6-9(16)17)12(18)13(19-3)8(2)11(7)15/h18H,4-6H2,1-3H3,(H,16,17). The molecule has 0 unspecified atom stereocenters. The summed E-state index contributed by atoms with van der Waals surface area (Å²) in [6, 6.07) is 0. The van der Waals surface area contributed by atoms with Gasteiger partial charge in [-0.3, -0.25) is 4.79 Å². The Hall–Kier alpha value is -1.23. The van der Waals surface area contributed by atoms with E-state index in [-0.39, 0.29) is 12.2 Å². The van der Waals surface area contributed by atoms with Crippen LogP contribution in [0.4, 0.5) is 0 Å². The van der Waals surface area contributed by atoms with Gasteiger partial charge in [-0.25, -0.2) is 0 Å². The number of phenols is 1. The minimum atomic E-state index is -0.841. The highest BCUT2D eigenvalue weighted by molar-refractivity contribution is 9.10. The summed E-state index contributed by atoms with van der Waals surface area (Å²) in [7, 11) is 1.50. The van der Waals surface area contributed by atoms with E-state index in [0.717, 1.165) is 28.4 Å². The van der Waals surface area contributed by atoms with E-state index in [9.17, 15) is 9.90 Å². The zero-order chi connectivity index (χ0) is 14.4. The summed E-state index contributed by atoms with van der Waals surface area (Å²) < 4.78 is 6.12. The van der Waals surface area contributed by atoms with Crippen molar-refractivity contribution >= 4 is 21.9 Å². The first kappa shape index (κ1) is 14.2. The first-order valence-electron chi connectivity index (χ1n) is 6.12. The molecule has 0 saturated heterocycles. The number of ether oxygens (including phenoxy) is 1. The number of hydrogen-bond donors (Lipinski definition) is 2. The van der Waals surface area contributed by atoms with E-state index in [1.165, 1.54) is 7.11 Å². The molecule has 0 radical (unpaired) electrons. The SMILES string of the molecule is COc1c(C)c(Br)c(C)c(C2(CC(=O)O)CC2)c1O. The van der Waals surface area contributed by atoms with Crippen LogP contribution >= 0.6 is 15.9 Å². The summed E-state index contributed by atoms with van der Waals surface area (Å²) in [5.41, 5.74) is 2.00. The van der Waals surface area contributed by atoms with Gasteiger partial charge in [0.1, 0.15) is 0 Å². The van der Waals surface area contributed by atoms with E-state index in [4.69, 9.17) is 9.84 Å². The molecule has 5 heteroatoms. The minimum Gasteiger partial charge on any atom is -0.504 e. The first-order chi connectivity index (χ1) is 8.84. The zero-order valence-corrected chi connectivity index (χ0v) is 12.8. The molecule has 2 rings (SSSR count). The number of carbonyl (C=O) groups is 1. The Balaban J connectivity index is 2.64. The normalized spacial score (nSPS) is 16.2.